The monoisotopic (exact) mass is 636 g/mol. The van der Waals surface area contributed by atoms with Crippen molar-refractivity contribution in [2.45, 2.75) is 98.3 Å². The molecule has 0 saturated heterocycles. The summed E-state index contributed by atoms with van der Waals surface area (Å²) in [4.78, 5) is 5.61. The van der Waals surface area contributed by atoms with Crippen LogP contribution in [0.1, 0.15) is 103 Å². The molecule has 0 radical (unpaired) electrons. The highest BCUT2D eigenvalue weighted by atomic mass is 32.1. The topological polar surface area (TPSA) is 25.8 Å². The SMILES string of the molecule is CCCCCCc1cc(C2=CC=CC3=C(c4cc(CCCCCC)c(-c5ccc(C)c6nsnc56)s4)C=CC=C2C3)sc1C. The highest BCUT2D eigenvalue weighted by Gasteiger charge is 2.22. The predicted octanol–water partition coefficient (Wildman–Crippen LogP) is 12.6. The zero-order valence-corrected chi connectivity index (χ0v) is 29.1. The van der Waals surface area contributed by atoms with Crippen LogP contribution in [0.4, 0.5) is 0 Å². The van der Waals surface area contributed by atoms with Crippen molar-refractivity contribution in [1.82, 2.24) is 8.75 Å². The van der Waals surface area contributed by atoms with E-state index in [9.17, 15) is 0 Å². The Bertz CT molecular complexity index is 1780. The van der Waals surface area contributed by atoms with Gasteiger partial charge in [0.25, 0.3) is 0 Å². The molecule has 1 aromatic carbocycles. The highest BCUT2D eigenvalue weighted by Crippen LogP contribution is 2.44. The highest BCUT2D eigenvalue weighted by molar-refractivity contribution is 7.17. The Morgan fingerprint density at radius 3 is 2.25 bits per heavy atom. The summed E-state index contributed by atoms with van der Waals surface area (Å²) >= 11 is 5.23. The van der Waals surface area contributed by atoms with Gasteiger partial charge < -0.3 is 0 Å². The Balaban J connectivity index is 1.31. The van der Waals surface area contributed by atoms with Crippen molar-refractivity contribution in [2.75, 3.05) is 0 Å². The average molecular weight is 637 g/mol. The number of hydrogen-bond acceptors (Lipinski definition) is 5. The van der Waals surface area contributed by atoms with Crippen LogP contribution in [0.2, 0.25) is 0 Å². The third-order valence-electron chi connectivity index (χ3n) is 9.02. The summed E-state index contributed by atoms with van der Waals surface area (Å²) in [6, 6.07) is 9.44. The number of rotatable bonds is 13. The van der Waals surface area contributed by atoms with E-state index in [1.807, 2.05) is 22.7 Å². The predicted molar refractivity (Wildman–Crippen MR) is 196 cm³/mol. The second-order valence-corrected chi connectivity index (χ2v) is 15.1. The van der Waals surface area contributed by atoms with E-state index in [0.717, 1.165) is 23.9 Å². The largest absolute Gasteiger partial charge is 0.173 e. The number of thiophene rings is 2. The van der Waals surface area contributed by atoms with Crippen LogP contribution in [0.25, 0.3) is 32.6 Å². The molecule has 0 saturated carbocycles. The van der Waals surface area contributed by atoms with E-state index in [4.69, 9.17) is 4.37 Å². The van der Waals surface area contributed by atoms with Crippen molar-refractivity contribution >= 4 is 56.6 Å². The van der Waals surface area contributed by atoms with Crippen molar-refractivity contribution in [3.63, 3.8) is 0 Å². The third kappa shape index (κ3) is 6.71. The Morgan fingerprint density at radius 2 is 1.45 bits per heavy atom. The number of fused-ring (bicyclic) bond motifs is 3. The average Bonchev–Trinajstić information content (AvgIpc) is 3.69. The fourth-order valence-corrected chi connectivity index (χ4v) is 9.49. The lowest BCUT2D eigenvalue weighted by Gasteiger charge is -2.10. The lowest BCUT2D eigenvalue weighted by molar-refractivity contribution is 0.666. The summed E-state index contributed by atoms with van der Waals surface area (Å²) in [6.07, 6.45) is 27.5. The molecule has 0 N–H and O–H groups in total. The molecule has 2 aliphatic rings. The minimum atomic E-state index is 0.956. The van der Waals surface area contributed by atoms with Crippen molar-refractivity contribution in [3.8, 4) is 10.4 Å². The maximum Gasteiger partial charge on any atom is 0.113 e. The lowest BCUT2D eigenvalue weighted by Crippen LogP contribution is -1.90. The number of unbranched alkanes of at least 4 members (excludes halogenated alkanes) is 6. The Hall–Kier alpha value is -2.86. The third-order valence-corrected chi connectivity index (χ3v) is 11.9. The molecule has 0 fully saturated rings. The van der Waals surface area contributed by atoms with E-state index >= 15 is 0 Å². The minimum absolute atomic E-state index is 0.956. The van der Waals surface area contributed by atoms with Crippen LogP contribution in [0.5, 0.6) is 0 Å². The number of hydrogen-bond donors (Lipinski definition) is 0. The van der Waals surface area contributed by atoms with Gasteiger partial charge in [-0.3, -0.25) is 0 Å². The first-order chi connectivity index (χ1) is 21.6. The molecule has 3 aromatic heterocycles. The molecule has 2 aliphatic carbocycles. The summed E-state index contributed by atoms with van der Waals surface area (Å²) in [5.41, 5.74) is 13.1. The van der Waals surface area contributed by atoms with Gasteiger partial charge in [0.2, 0.25) is 0 Å². The van der Waals surface area contributed by atoms with Gasteiger partial charge in [0.1, 0.15) is 11.0 Å². The first-order valence-electron chi connectivity index (χ1n) is 16.5. The maximum atomic E-state index is 4.76. The van der Waals surface area contributed by atoms with Gasteiger partial charge >= 0.3 is 0 Å². The van der Waals surface area contributed by atoms with E-state index in [1.54, 1.807) is 0 Å². The second kappa shape index (κ2) is 14.5. The van der Waals surface area contributed by atoms with Crippen LogP contribution in [0, 0.1) is 13.8 Å². The van der Waals surface area contributed by atoms with E-state index in [0.29, 0.717) is 0 Å². The smallest absolute Gasteiger partial charge is 0.113 e. The summed E-state index contributed by atoms with van der Waals surface area (Å²) in [7, 11) is 0. The van der Waals surface area contributed by atoms with E-state index in [-0.39, 0.29) is 0 Å². The molecule has 4 aromatic rings. The van der Waals surface area contributed by atoms with Crippen LogP contribution in [-0.2, 0) is 12.8 Å². The van der Waals surface area contributed by atoms with Crippen LogP contribution < -0.4 is 0 Å². The van der Waals surface area contributed by atoms with Gasteiger partial charge in [-0.15, -0.1) is 22.7 Å². The summed E-state index contributed by atoms with van der Waals surface area (Å²) < 4.78 is 9.40. The summed E-state index contributed by atoms with van der Waals surface area (Å²) in [5.74, 6) is 0. The quantitative estimate of drug-likeness (QED) is 0.136. The van der Waals surface area contributed by atoms with E-state index < -0.39 is 0 Å². The fraction of sp³-hybridized carbons (Fsp3) is 0.385. The lowest BCUT2D eigenvalue weighted by atomic mass is 9.96. The number of aromatic nitrogens is 2. The number of aryl methyl sites for hydroxylation is 4. The molecule has 0 spiro atoms. The van der Waals surface area contributed by atoms with Crippen LogP contribution in [-0.4, -0.2) is 8.75 Å². The normalized spacial score (nSPS) is 14.7. The van der Waals surface area contributed by atoms with Crippen molar-refractivity contribution in [3.05, 3.63) is 103 Å². The summed E-state index contributed by atoms with van der Waals surface area (Å²) in [5, 5.41) is 0. The first-order valence-corrected chi connectivity index (χ1v) is 18.9. The Morgan fingerprint density at radius 1 is 0.727 bits per heavy atom. The zero-order chi connectivity index (χ0) is 30.5. The van der Waals surface area contributed by atoms with Gasteiger partial charge in [0.15, 0.2) is 0 Å². The standard InChI is InChI=1S/C39H44N2S3/c1-5-7-9-11-15-28-24-35(42-27(28)4)32-19-13-18-30-23-29(32)17-14-20-33(30)36-25-31(16-12-10-8-6-2)39(43-36)34-22-21-26(3)37-38(34)41-44-40-37/h13-14,17-22,24-25H,5-12,15-16,23H2,1-4H3. The Labute approximate surface area is 276 Å². The molecular weight excluding hydrogens is 593 g/mol. The van der Waals surface area contributed by atoms with Gasteiger partial charge in [-0.05, 0) is 97.1 Å². The van der Waals surface area contributed by atoms with Crippen LogP contribution in [0.3, 0.4) is 0 Å². The van der Waals surface area contributed by atoms with E-state index in [1.165, 1.54) is 134 Å². The van der Waals surface area contributed by atoms with Gasteiger partial charge in [-0.2, -0.15) is 8.75 Å². The number of benzene rings is 1. The number of allylic oxidation sites excluding steroid dienone is 10. The van der Waals surface area contributed by atoms with Crippen molar-refractivity contribution < 1.29 is 0 Å². The minimum Gasteiger partial charge on any atom is -0.173 e. The van der Waals surface area contributed by atoms with Gasteiger partial charge in [0, 0.05) is 25.1 Å². The molecule has 0 atom stereocenters. The van der Waals surface area contributed by atoms with Gasteiger partial charge in [-0.25, -0.2) is 0 Å². The molecule has 44 heavy (non-hydrogen) atoms. The molecule has 5 heteroatoms. The molecule has 0 unspecified atom stereocenters. The zero-order valence-electron chi connectivity index (χ0n) is 26.7. The van der Waals surface area contributed by atoms with E-state index in [2.05, 4.69) is 92.8 Å². The van der Waals surface area contributed by atoms with Crippen LogP contribution in [0.15, 0.2) is 71.9 Å². The van der Waals surface area contributed by atoms with Crippen molar-refractivity contribution in [2.24, 2.45) is 0 Å². The first kappa shape index (κ1) is 31.1. The molecule has 2 nitrogen and oxygen atoms in total. The summed E-state index contributed by atoms with van der Waals surface area (Å²) in [6.45, 7) is 9.02. The molecule has 228 valence electrons. The Kier molecular flexibility index (Phi) is 10.3. The number of nitrogens with zero attached hydrogens (tertiary/aromatic N) is 2. The van der Waals surface area contributed by atoms with Gasteiger partial charge in [-0.1, -0.05) is 101 Å². The van der Waals surface area contributed by atoms with Crippen LogP contribution >= 0.6 is 34.4 Å². The molecule has 6 rings (SSSR count). The fourth-order valence-electron chi connectivity index (χ4n) is 6.44. The molecule has 3 heterocycles. The van der Waals surface area contributed by atoms with Gasteiger partial charge in [0.05, 0.1) is 11.7 Å². The van der Waals surface area contributed by atoms with Crippen molar-refractivity contribution in [1.29, 1.82) is 0 Å². The molecule has 2 bridgehead atoms. The molecular formula is C39H44N2S3. The second-order valence-electron chi connectivity index (χ2n) is 12.3. The molecule has 0 aliphatic heterocycles. The molecule has 0 amide bonds. The maximum absolute atomic E-state index is 4.76.